The number of carbonyl (C=O) groups is 2. The van der Waals surface area contributed by atoms with E-state index in [2.05, 4.69) is 67.8 Å². The van der Waals surface area contributed by atoms with Crippen LogP contribution in [0.25, 0.3) is 0 Å². The molecule has 2 aromatic carbocycles. The quantitative estimate of drug-likeness (QED) is 0.167. The van der Waals surface area contributed by atoms with E-state index in [1.54, 1.807) is 45.2 Å². The first-order valence-electron chi connectivity index (χ1n) is 9.89. The number of hydrogen-bond acceptors (Lipinski definition) is 6. The molecule has 0 aliphatic heterocycles. The Balaban J connectivity index is 1.41. The number of hydrogen-bond donors (Lipinski definition) is 1. The van der Waals surface area contributed by atoms with Crippen molar-refractivity contribution in [3.63, 3.8) is 0 Å². The van der Waals surface area contributed by atoms with Crippen LogP contribution in [0, 0.1) is 41.5 Å². The number of halogens is 5. The van der Waals surface area contributed by atoms with E-state index in [0.29, 0.717) is 18.6 Å². The molecule has 0 spiro atoms. The number of rotatable bonds is 5. The fourth-order valence-electron chi connectivity index (χ4n) is 4.69. The summed E-state index contributed by atoms with van der Waals surface area (Å²) in [5.41, 5.74) is 0. The fraction of sp³-hybridized carbons (Fsp3) is 0.333. The average molecular weight is 1050 g/mol. The summed E-state index contributed by atoms with van der Waals surface area (Å²) >= 11 is 10.1. The number of benzene rings is 2. The van der Waals surface area contributed by atoms with E-state index in [-0.39, 0.29) is 53.4 Å². The second kappa shape index (κ2) is 11.0. The highest BCUT2D eigenvalue weighted by Gasteiger charge is 2.52. The molecule has 2 aliphatic rings. The zero-order valence-corrected chi connectivity index (χ0v) is 28.5. The van der Waals surface area contributed by atoms with Gasteiger partial charge < -0.3 is 9.47 Å². The fourth-order valence-corrected chi connectivity index (χ4v) is 12.5. The molecule has 2 saturated carbocycles. The lowest BCUT2D eigenvalue weighted by molar-refractivity contribution is -0.145. The van der Waals surface area contributed by atoms with Crippen LogP contribution in [0.15, 0.2) is 29.2 Å². The number of fused-ring (bicyclic) bond motifs is 2. The lowest BCUT2D eigenvalue weighted by Crippen LogP contribution is -2.32. The van der Waals surface area contributed by atoms with Crippen molar-refractivity contribution in [2.75, 3.05) is 0 Å². The molecule has 2 aromatic rings. The zero-order chi connectivity index (χ0) is 24.9. The van der Waals surface area contributed by atoms with E-state index in [0.717, 1.165) is 17.1 Å². The highest BCUT2D eigenvalue weighted by atomic mass is 127. The minimum absolute atomic E-state index is 0.0418. The summed E-state index contributed by atoms with van der Waals surface area (Å²) in [5, 5.41) is 0. The van der Waals surface area contributed by atoms with E-state index in [1.165, 1.54) is 12.1 Å². The van der Waals surface area contributed by atoms with Crippen LogP contribution in [0.5, 0.6) is 11.5 Å². The van der Waals surface area contributed by atoms with E-state index in [4.69, 9.17) is 9.47 Å². The van der Waals surface area contributed by atoms with Gasteiger partial charge in [-0.3, -0.25) is 14.1 Å². The van der Waals surface area contributed by atoms with Crippen LogP contribution < -0.4 is 9.47 Å². The Morgan fingerprint density at radius 3 is 1.68 bits per heavy atom. The zero-order valence-electron chi connectivity index (χ0n) is 16.9. The van der Waals surface area contributed by atoms with Gasteiger partial charge >= 0.3 is 11.9 Å². The van der Waals surface area contributed by atoms with Crippen molar-refractivity contribution in [2.24, 2.45) is 23.7 Å². The predicted octanol–water partition coefficient (Wildman–Crippen LogP) is 6.13. The van der Waals surface area contributed by atoms with Crippen molar-refractivity contribution in [3.05, 3.63) is 42.1 Å². The Morgan fingerprint density at radius 2 is 1.24 bits per heavy atom. The molecule has 34 heavy (non-hydrogen) atoms. The van der Waals surface area contributed by atoms with Crippen LogP contribution in [0.1, 0.15) is 19.3 Å². The van der Waals surface area contributed by atoms with Crippen LogP contribution in [0.4, 0.5) is 0 Å². The Hall–Kier alpha value is 0.940. The van der Waals surface area contributed by atoms with Crippen molar-refractivity contribution >= 4 is 135 Å². The third-order valence-electron chi connectivity index (χ3n) is 6.08. The third kappa shape index (κ3) is 5.98. The summed E-state index contributed by atoms with van der Waals surface area (Å²) in [4.78, 5) is 25.6. The van der Waals surface area contributed by atoms with E-state index in [1.807, 2.05) is 12.1 Å². The van der Waals surface area contributed by atoms with Gasteiger partial charge in [0.2, 0.25) is 0 Å². The normalized spacial score (nSPS) is 23.7. The molecule has 0 saturated heterocycles. The van der Waals surface area contributed by atoms with Crippen molar-refractivity contribution in [2.45, 2.75) is 24.2 Å². The summed E-state index contributed by atoms with van der Waals surface area (Å²) in [7, 11) is -4.38. The maximum Gasteiger partial charge on any atom is 0.314 e. The second-order valence-electron chi connectivity index (χ2n) is 8.17. The van der Waals surface area contributed by atoms with Crippen LogP contribution in [0.3, 0.4) is 0 Å². The molecule has 0 heterocycles. The SMILES string of the molecule is O=C(Oc1cc(I)c(S(=O)(=O)O)c(I)c1)C1CC2CC1CC2C(=O)Oc1c(I)cc(I)cc1I. The highest BCUT2D eigenvalue weighted by molar-refractivity contribution is 14.1. The monoisotopic (exact) mass is 1050 g/mol. The van der Waals surface area contributed by atoms with Crippen molar-refractivity contribution in [1.29, 1.82) is 0 Å². The molecule has 0 amide bonds. The van der Waals surface area contributed by atoms with Gasteiger partial charge in [-0.1, -0.05) is 0 Å². The van der Waals surface area contributed by atoms with Gasteiger partial charge in [0.15, 0.2) is 5.75 Å². The lowest BCUT2D eigenvalue weighted by atomic mass is 9.82. The lowest BCUT2D eigenvalue weighted by Gasteiger charge is -2.25. The maximum atomic E-state index is 12.9. The minimum Gasteiger partial charge on any atom is -0.426 e. The van der Waals surface area contributed by atoms with Crippen molar-refractivity contribution in [1.82, 2.24) is 0 Å². The first kappa shape index (κ1) is 28.0. The smallest absolute Gasteiger partial charge is 0.314 e. The first-order valence-corrected chi connectivity index (χ1v) is 16.7. The van der Waals surface area contributed by atoms with Crippen LogP contribution in [0.2, 0.25) is 0 Å². The van der Waals surface area contributed by atoms with Crippen LogP contribution in [-0.2, 0) is 19.7 Å². The summed E-state index contributed by atoms with van der Waals surface area (Å²) in [6, 6.07) is 6.76. The van der Waals surface area contributed by atoms with Gasteiger partial charge in [-0.15, -0.1) is 0 Å². The number of ether oxygens (including phenoxy) is 2. The van der Waals surface area contributed by atoms with Gasteiger partial charge in [0.1, 0.15) is 10.6 Å². The van der Waals surface area contributed by atoms with Crippen molar-refractivity contribution < 1.29 is 32.0 Å². The minimum atomic E-state index is -4.38. The Labute approximate surface area is 264 Å². The molecule has 1 N–H and O–H groups in total. The van der Waals surface area contributed by atoms with Gasteiger partial charge in [0, 0.05) is 10.7 Å². The second-order valence-corrected chi connectivity index (χ2v) is 15.4. The Bertz CT molecular complexity index is 1250. The maximum absolute atomic E-state index is 12.9. The van der Waals surface area contributed by atoms with E-state index in [9.17, 15) is 22.6 Å². The average Bonchev–Trinajstić information content (AvgIpc) is 3.30. The molecule has 7 nitrogen and oxygen atoms in total. The van der Waals surface area contributed by atoms with Gasteiger partial charge in [-0.05, 0) is 168 Å². The molecule has 0 aromatic heterocycles. The molecule has 4 rings (SSSR count). The standard InChI is InChI=1S/C21H15I5O7S/c22-10-4-14(23)18(15(24)5-10)33-21(28)13-3-8-1-9(13)2-12(8)20(27)32-11-6-16(25)19(17(26)7-11)34(29,30)31/h4-9,12-13H,1-3H2,(H,29,30,31). The van der Waals surface area contributed by atoms with Gasteiger partial charge in [-0.2, -0.15) is 8.42 Å². The molecular weight excluding hydrogens is 1030 g/mol. The van der Waals surface area contributed by atoms with Crippen molar-refractivity contribution in [3.8, 4) is 11.5 Å². The molecule has 2 bridgehead atoms. The first-order chi connectivity index (χ1) is 15.8. The number of carbonyl (C=O) groups excluding carboxylic acids is 2. The summed E-state index contributed by atoms with van der Waals surface area (Å²) in [6.45, 7) is 0. The summed E-state index contributed by atoms with van der Waals surface area (Å²) in [5.74, 6) is -0.263. The highest BCUT2D eigenvalue weighted by Crippen LogP contribution is 2.52. The third-order valence-corrected chi connectivity index (χ3v) is 11.7. The summed E-state index contributed by atoms with van der Waals surface area (Å²) < 4.78 is 47.2. The molecule has 2 aliphatic carbocycles. The predicted molar refractivity (Wildman–Crippen MR) is 165 cm³/mol. The largest absolute Gasteiger partial charge is 0.426 e. The number of esters is 2. The summed E-state index contributed by atoms with van der Waals surface area (Å²) in [6.07, 6.45) is 1.91. The van der Waals surface area contributed by atoms with Gasteiger partial charge in [-0.25, -0.2) is 0 Å². The van der Waals surface area contributed by atoms with E-state index >= 15 is 0 Å². The molecule has 182 valence electrons. The molecule has 13 heteroatoms. The molecule has 2 fully saturated rings. The molecular formula is C21H15I5O7S. The topological polar surface area (TPSA) is 107 Å². The Kier molecular flexibility index (Phi) is 9.02. The molecule has 0 radical (unpaired) electrons. The van der Waals surface area contributed by atoms with Gasteiger partial charge in [0.05, 0.1) is 19.0 Å². The van der Waals surface area contributed by atoms with E-state index < -0.39 is 10.1 Å². The van der Waals surface area contributed by atoms with Crippen LogP contribution >= 0.6 is 113 Å². The molecule has 4 atom stereocenters. The molecule has 4 unspecified atom stereocenters. The van der Waals surface area contributed by atoms with Crippen LogP contribution in [-0.4, -0.2) is 24.9 Å². The Morgan fingerprint density at radius 1 is 0.765 bits per heavy atom. The van der Waals surface area contributed by atoms with Gasteiger partial charge in [0.25, 0.3) is 10.1 Å².